The molecule has 4 nitrogen and oxygen atoms in total. The van der Waals surface area contributed by atoms with Gasteiger partial charge in [0.2, 0.25) is 0 Å². The van der Waals surface area contributed by atoms with Crippen LogP contribution in [0, 0.1) is 12.3 Å². The number of halogens is 2. The van der Waals surface area contributed by atoms with E-state index in [-0.39, 0.29) is 22.8 Å². The number of thiophene rings is 1. The first-order valence-electron chi connectivity index (χ1n) is 5.29. The number of hydrogen-bond donors (Lipinski definition) is 1. The highest BCUT2D eigenvalue weighted by Gasteiger charge is 2.09. The third-order valence-electron chi connectivity index (χ3n) is 2.31. The summed E-state index contributed by atoms with van der Waals surface area (Å²) in [5.41, 5.74) is -0.0513. The van der Waals surface area contributed by atoms with Crippen molar-refractivity contribution in [3.05, 3.63) is 42.9 Å². The largest absolute Gasteiger partial charge is 0.374 e. The minimum Gasteiger partial charge on any atom is -0.374 e. The Kier molecular flexibility index (Phi) is 4.48. The molecule has 0 saturated heterocycles. The van der Waals surface area contributed by atoms with E-state index in [1.54, 1.807) is 6.07 Å². The van der Waals surface area contributed by atoms with Crippen molar-refractivity contribution in [2.75, 3.05) is 5.32 Å². The van der Waals surface area contributed by atoms with Crippen molar-refractivity contribution < 1.29 is 0 Å². The molecule has 0 radical (unpaired) electrons. The summed E-state index contributed by atoms with van der Waals surface area (Å²) >= 11 is 13.2. The molecule has 2 heterocycles. The van der Waals surface area contributed by atoms with Crippen LogP contribution in [0.2, 0.25) is 9.36 Å². The predicted octanol–water partition coefficient (Wildman–Crippen LogP) is 2.86. The number of aromatic nitrogens is 2. The van der Waals surface area contributed by atoms with Crippen LogP contribution in [0.25, 0.3) is 0 Å². The Morgan fingerprint density at radius 3 is 2.89 bits per heavy atom. The molecule has 0 amide bonds. The molecule has 0 atom stereocenters. The van der Waals surface area contributed by atoms with Gasteiger partial charge in [-0.25, -0.2) is 4.68 Å². The van der Waals surface area contributed by atoms with E-state index < -0.39 is 0 Å². The second-order valence-electron chi connectivity index (χ2n) is 3.59. The maximum Gasteiger partial charge on any atom is 0.292 e. The van der Waals surface area contributed by atoms with Crippen LogP contribution in [0.15, 0.2) is 23.1 Å². The van der Waals surface area contributed by atoms with Crippen LogP contribution in [0.3, 0.4) is 0 Å². The van der Waals surface area contributed by atoms with Gasteiger partial charge in [-0.15, -0.1) is 17.8 Å². The quantitative estimate of drug-likeness (QED) is 0.883. The van der Waals surface area contributed by atoms with E-state index in [2.05, 4.69) is 16.3 Å². The number of anilines is 1. The minimum absolute atomic E-state index is 0.107. The highest BCUT2D eigenvalue weighted by molar-refractivity contribution is 7.16. The predicted molar refractivity (Wildman–Crippen MR) is 79.0 cm³/mol. The van der Waals surface area contributed by atoms with Crippen molar-refractivity contribution in [2.24, 2.45) is 0 Å². The lowest BCUT2D eigenvalue weighted by Crippen LogP contribution is -2.25. The summed E-state index contributed by atoms with van der Waals surface area (Å²) in [7, 11) is 0. The van der Waals surface area contributed by atoms with Crippen molar-refractivity contribution >= 4 is 40.2 Å². The molecule has 0 unspecified atom stereocenters. The normalized spacial score (nSPS) is 10.2. The molecule has 1 N–H and O–H groups in total. The molecule has 19 heavy (non-hydrogen) atoms. The van der Waals surface area contributed by atoms with Gasteiger partial charge in [0.25, 0.3) is 5.56 Å². The number of terminal acetylenes is 1. The van der Waals surface area contributed by atoms with Gasteiger partial charge in [0.05, 0.1) is 15.6 Å². The number of hydrogen-bond acceptors (Lipinski definition) is 4. The first-order valence-corrected chi connectivity index (χ1v) is 6.86. The fraction of sp³-hybridized carbons (Fsp3) is 0.167. The zero-order valence-electron chi connectivity index (χ0n) is 9.69. The third-order valence-corrected chi connectivity index (χ3v) is 3.82. The summed E-state index contributed by atoms with van der Waals surface area (Å²) in [5, 5.41) is 7.11. The molecule has 0 saturated carbocycles. The van der Waals surface area contributed by atoms with Gasteiger partial charge in [-0.1, -0.05) is 29.1 Å². The van der Waals surface area contributed by atoms with Crippen molar-refractivity contribution in [3.63, 3.8) is 0 Å². The Balaban J connectivity index is 2.22. The van der Waals surface area contributed by atoms with Crippen LogP contribution in [0.5, 0.6) is 0 Å². The summed E-state index contributed by atoms with van der Waals surface area (Å²) < 4.78 is 1.87. The Hall–Kier alpha value is -1.48. The van der Waals surface area contributed by atoms with E-state index in [1.165, 1.54) is 22.2 Å². The van der Waals surface area contributed by atoms with Gasteiger partial charge in [0.15, 0.2) is 0 Å². The molecule has 0 fully saturated rings. The second-order valence-corrected chi connectivity index (χ2v) is 5.80. The van der Waals surface area contributed by atoms with Gasteiger partial charge in [0, 0.05) is 11.4 Å². The number of nitrogens with one attached hydrogen (secondary N) is 1. The van der Waals surface area contributed by atoms with E-state index in [9.17, 15) is 4.79 Å². The molecule has 2 aromatic rings. The minimum atomic E-state index is -0.340. The zero-order valence-corrected chi connectivity index (χ0v) is 12.0. The Morgan fingerprint density at radius 2 is 2.26 bits per heavy atom. The fourth-order valence-corrected chi connectivity index (χ4v) is 2.67. The summed E-state index contributed by atoms with van der Waals surface area (Å²) in [4.78, 5) is 13.0. The monoisotopic (exact) mass is 313 g/mol. The average Bonchev–Trinajstić information content (AvgIpc) is 2.79. The van der Waals surface area contributed by atoms with Gasteiger partial charge in [-0.05, 0) is 12.1 Å². The highest BCUT2D eigenvalue weighted by Crippen LogP contribution is 2.23. The van der Waals surface area contributed by atoms with Gasteiger partial charge in [-0.3, -0.25) is 4.79 Å². The van der Waals surface area contributed by atoms with Gasteiger partial charge in [0.1, 0.15) is 12.2 Å². The van der Waals surface area contributed by atoms with Crippen molar-refractivity contribution in [2.45, 2.75) is 13.1 Å². The standard InChI is InChI=1S/C12H9Cl2N3OS/c1-2-5-17-12(18)11(9(13)7-16-17)15-6-8-3-4-10(14)19-8/h1,3-4,7,15H,5-6H2. The van der Waals surface area contributed by atoms with E-state index >= 15 is 0 Å². The molecule has 2 rings (SSSR count). The van der Waals surface area contributed by atoms with Gasteiger partial charge < -0.3 is 5.32 Å². The second kappa shape index (κ2) is 6.11. The molecule has 0 aromatic carbocycles. The Morgan fingerprint density at radius 1 is 1.47 bits per heavy atom. The molecular formula is C12H9Cl2N3OS. The fourth-order valence-electron chi connectivity index (χ4n) is 1.45. The lowest BCUT2D eigenvalue weighted by molar-refractivity contribution is 0.664. The summed E-state index contributed by atoms with van der Waals surface area (Å²) in [5.74, 6) is 2.36. The highest BCUT2D eigenvalue weighted by atomic mass is 35.5. The Bertz CT molecular complexity index is 687. The van der Waals surface area contributed by atoms with Gasteiger partial charge >= 0.3 is 0 Å². The molecule has 2 aromatic heterocycles. The zero-order chi connectivity index (χ0) is 13.8. The van der Waals surface area contributed by atoms with Crippen LogP contribution in [0.1, 0.15) is 4.88 Å². The maximum absolute atomic E-state index is 12.0. The number of nitrogens with zero attached hydrogens (tertiary/aromatic N) is 2. The van der Waals surface area contributed by atoms with Crippen LogP contribution < -0.4 is 10.9 Å². The van der Waals surface area contributed by atoms with Crippen LogP contribution in [0.4, 0.5) is 5.69 Å². The average molecular weight is 314 g/mol. The smallest absolute Gasteiger partial charge is 0.292 e. The summed E-state index contributed by atoms with van der Waals surface area (Å²) in [6.45, 7) is 0.571. The molecule has 0 bridgehead atoms. The Labute approximate surface area is 124 Å². The molecule has 0 aliphatic carbocycles. The van der Waals surface area contributed by atoms with Crippen LogP contribution in [-0.4, -0.2) is 9.78 Å². The molecule has 98 valence electrons. The molecular weight excluding hydrogens is 305 g/mol. The molecule has 0 aliphatic heterocycles. The summed E-state index contributed by atoms with van der Waals surface area (Å²) in [6.07, 6.45) is 6.56. The molecule has 0 aliphatic rings. The maximum atomic E-state index is 12.0. The SMILES string of the molecule is C#CCn1ncc(Cl)c(NCc2ccc(Cl)s2)c1=O. The van der Waals surface area contributed by atoms with E-state index in [0.29, 0.717) is 10.9 Å². The van der Waals surface area contributed by atoms with E-state index in [4.69, 9.17) is 29.6 Å². The van der Waals surface area contributed by atoms with Crippen LogP contribution >= 0.6 is 34.5 Å². The van der Waals surface area contributed by atoms with E-state index in [1.807, 2.05) is 6.07 Å². The first-order chi connectivity index (χ1) is 9.11. The summed E-state index contributed by atoms with van der Waals surface area (Å²) in [6, 6.07) is 3.68. The van der Waals surface area contributed by atoms with Crippen LogP contribution in [-0.2, 0) is 13.1 Å². The topological polar surface area (TPSA) is 46.9 Å². The van der Waals surface area contributed by atoms with Crippen molar-refractivity contribution in [1.29, 1.82) is 0 Å². The van der Waals surface area contributed by atoms with E-state index in [0.717, 1.165) is 4.88 Å². The third kappa shape index (κ3) is 3.29. The van der Waals surface area contributed by atoms with Gasteiger partial charge in [-0.2, -0.15) is 5.10 Å². The molecule has 0 spiro atoms. The lowest BCUT2D eigenvalue weighted by Gasteiger charge is -2.08. The van der Waals surface area contributed by atoms with Crippen molar-refractivity contribution in [1.82, 2.24) is 9.78 Å². The molecule has 7 heteroatoms. The number of rotatable bonds is 4. The van der Waals surface area contributed by atoms with Crippen molar-refractivity contribution in [3.8, 4) is 12.3 Å². The lowest BCUT2D eigenvalue weighted by atomic mass is 10.4. The first kappa shape index (κ1) is 13.9.